The van der Waals surface area contributed by atoms with Crippen molar-refractivity contribution in [2.24, 2.45) is 11.8 Å². The molecule has 0 aromatic rings. The summed E-state index contributed by atoms with van der Waals surface area (Å²) in [5.41, 5.74) is -0.794. The lowest BCUT2D eigenvalue weighted by atomic mass is 9.84. The molecule has 0 heterocycles. The Labute approximate surface area is 60.9 Å². The lowest BCUT2D eigenvalue weighted by Crippen LogP contribution is -2.42. The zero-order chi connectivity index (χ0) is 7.35. The van der Waals surface area contributed by atoms with E-state index in [1.807, 2.05) is 0 Å². The van der Waals surface area contributed by atoms with Crippen LogP contribution in [0.5, 0.6) is 0 Å². The molecule has 0 saturated heterocycles. The summed E-state index contributed by atoms with van der Waals surface area (Å²) in [6, 6.07) is 0. The molecule has 4 atom stereocenters. The Bertz CT molecular complexity index is 153. The van der Waals surface area contributed by atoms with Gasteiger partial charge in [-0.2, -0.15) is 0 Å². The van der Waals surface area contributed by atoms with Crippen molar-refractivity contribution >= 4 is 0 Å². The van der Waals surface area contributed by atoms with Crippen LogP contribution in [0.4, 0.5) is 0 Å². The normalized spacial score (nSPS) is 59.7. The molecule has 0 amide bonds. The van der Waals surface area contributed by atoms with E-state index in [0.717, 1.165) is 24.7 Å². The van der Waals surface area contributed by atoms with Crippen molar-refractivity contribution in [1.29, 1.82) is 0 Å². The van der Waals surface area contributed by atoms with Crippen LogP contribution in [0.2, 0.25) is 0 Å². The molecule has 58 valence electrons. The van der Waals surface area contributed by atoms with Crippen LogP contribution in [0.25, 0.3) is 0 Å². The van der Waals surface area contributed by atoms with Gasteiger partial charge in [0.15, 0.2) is 0 Å². The van der Waals surface area contributed by atoms with Gasteiger partial charge in [-0.1, -0.05) is 0 Å². The molecule has 0 aromatic heterocycles. The van der Waals surface area contributed by atoms with Crippen LogP contribution in [-0.2, 0) is 0 Å². The van der Waals surface area contributed by atoms with Gasteiger partial charge in [-0.15, -0.1) is 0 Å². The summed E-state index contributed by atoms with van der Waals surface area (Å²) in [6.07, 6.45) is 2.38. The van der Waals surface area contributed by atoms with Crippen LogP contribution in [0.3, 0.4) is 0 Å². The standard InChI is InChI=1S/C8H14O2/c1-8(10)4-6-2-5(6)3-7(8)9/h5-7,9-10H,2-4H2,1H3/t5-,6+,7+,8-/m1/s1. The largest absolute Gasteiger partial charge is 0.390 e. The Hall–Kier alpha value is -0.0800. The molecule has 0 radical (unpaired) electrons. The molecule has 2 heteroatoms. The minimum atomic E-state index is -0.794. The SMILES string of the molecule is C[C@@]1(O)C[C@@H]2C[C@@H]2C[C@@H]1O. The summed E-state index contributed by atoms with van der Waals surface area (Å²) in [7, 11) is 0. The van der Waals surface area contributed by atoms with Gasteiger partial charge in [-0.25, -0.2) is 0 Å². The summed E-state index contributed by atoms with van der Waals surface area (Å²) < 4.78 is 0. The molecule has 2 fully saturated rings. The molecule has 0 unspecified atom stereocenters. The maximum atomic E-state index is 9.59. The molecule has 2 saturated carbocycles. The molecule has 10 heavy (non-hydrogen) atoms. The Morgan fingerprint density at radius 1 is 1.30 bits per heavy atom. The fourth-order valence-electron chi connectivity index (χ4n) is 2.06. The van der Waals surface area contributed by atoms with Crippen molar-refractivity contribution < 1.29 is 10.2 Å². The molecule has 0 aliphatic heterocycles. The van der Waals surface area contributed by atoms with Gasteiger partial charge in [0, 0.05) is 0 Å². The van der Waals surface area contributed by atoms with Gasteiger partial charge in [0.2, 0.25) is 0 Å². The monoisotopic (exact) mass is 142 g/mol. The zero-order valence-corrected chi connectivity index (χ0v) is 6.25. The maximum Gasteiger partial charge on any atom is 0.0880 e. The van der Waals surface area contributed by atoms with Gasteiger partial charge in [0.25, 0.3) is 0 Å². The van der Waals surface area contributed by atoms with E-state index in [4.69, 9.17) is 0 Å². The predicted molar refractivity (Wildman–Crippen MR) is 37.5 cm³/mol. The van der Waals surface area contributed by atoms with Gasteiger partial charge < -0.3 is 10.2 Å². The number of aliphatic hydroxyl groups is 2. The topological polar surface area (TPSA) is 40.5 Å². The molecule has 2 aliphatic carbocycles. The van der Waals surface area contributed by atoms with Crippen LogP contribution in [0.15, 0.2) is 0 Å². The molecule has 0 spiro atoms. The van der Waals surface area contributed by atoms with E-state index >= 15 is 0 Å². The highest BCUT2D eigenvalue weighted by atomic mass is 16.3. The minimum absolute atomic E-state index is 0.476. The molecule has 2 N–H and O–H groups in total. The first kappa shape index (κ1) is 6.62. The number of rotatable bonds is 0. The van der Waals surface area contributed by atoms with Gasteiger partial charge in [-0.3, -0.25) is 0 Å². The van der Waals surface area contributed by atoms with E-state index < -0.39 is 11.7 Å². The number of hydrogen-bond donors (Lipinski definition) is 2. The Morgan fingerprint density at radius 3 is 2.60 bits per heavy atom. The smallest absolute Gasteiger partial charge is 0.0880 e. The second kappa shape index (κ2) is 1.74. The van der Waals surface area contributed by atoms with Gasteiger partial charge in [0.1, 0.15) is 0 Å². The Morgan fingerprint density at radius 2 is 2.00 bits per heavy atom. The first-order valence-electron chi connectivity index (χ1n) is 4.00. The molecular formula is C8H14O2. The molecule has 2 aliphatic rings. The third-order valence-electron chi connectivity index (χ3n) is 2.99. The zero-order valence-electron chi connectivity index (χ0n) is 6.25. The van der Waals surface area contributed by atoms with Crippen LogP contribution in [-0.4, -0.2) is 21.9 Å². The van der Waals surface area contributed by atoms with E-state index in [1.54, 1.807) is 6.92 Å². The first-order chi connectivity index (χ1) is 4.59. The van der Waals surface area contributed by atoms with Gasteiger partial charge >= 0.3 is 0 Å². The van der Waals surface area contributed by atoms with E-state index in [-0.39, 0.29) is 0 Å². The average Bonchev–Trinajstić information content (AvgIpc) is 2.44. The second-order valence-corrected chi connectivity index (χ2v) is 4.07. The van der Waals surface area contributed by atoms with Crippen molar-refractivity contribution in [2.45, 2.75) is 37.9 Å². The molecule has 2 nitrogen and oxygen atoms in total. The summed E-state index contributed by atoms with van der Waals surface area (Å²) in [4.78, 5) is 0. The number of aliphatic hydroxyl groups excluding tert-OH is 1. The van der Waals surface area contributed by atoms with Crippen molar-refractivity contribution in [3.63, 3.8) is 0 Å². The highest BCUT2D eigenvalue weighted by Gasteiger charge is 2.50. The van der Waals surface area contributed by atoms with E-state index in [1.165, 1.54) is 6.42 Å². The van der Waals surface area contributed by atoms with Gasteiger partial charge in [0.05, 0.1) is 11.7 Å². The van der Waals surface area contributed by atoms with Crippen LogP contribution < -0.4 is 0 Å². The van der Waals surface area contributed by atoms with Crippen LogP contribution in [0.1, 0.15) is 26.2 Å². The Kier molecular flexibility index (Phi) is 1.15. The summed E-state index contributed by atoms with van der Waals surface area (Å²) in [5, 5.41) is 19.0. The lowest BCUT2D eigenvalue weighted by molar-refractivity contribution is -0.0892. The lowest BCUT2D eigenvalue weighted by Gasteiger charge is -2.32. The summed E-state index contributed by atoms with van der Waals surface area (Å²) in [5.74, 6) is 1.45. The summed E-state index contributed by atoms with van der Waals surface area (Å²) in [6.45, 7) is 1.74. The third kappa shape index (κ3) is 0.867. The van der Waals surface area contributed by atoms with Crippen molar-refractivity contribution in [1.82, 2.24) is 0 Å². The van der Waals surface area contributed by atoms with Crippen molar-refractivity contribution in [3.05, 3.63) is 0 Å². The van der Waals surface area contributed by atoms with Crippen LogP contribution in [0, 0.1) is 11.8 Å². The fourth-order valence-corrected chi connectivity index (χ4v) is 2.06. The van der Waals surface area contributed by atoms with Crippen molar-refractivity contribution in [2.75, 3.05) is 0 Å². The van der Waals surface area contributed by atoms with Crippen molar-refractivity contribution in [3.8, 4) is 0 Å². The Balaban J connectivity index is 2.08. The van der Waals surface area contributed by atoms with Gasteiger partial charge in [-0.05, 0) is 38.0 Å². The third-order valence-corrected chi connectivity index (χ3v) is 2.99. The minimum Gasteiger partial charge on any atom is -0.390 e. The highest BCUT2D eigenvalue weighted by molar-refractivity contribution is 5.01. The first-order valence-corrected chi connectivity index (χ1v) is 4.00. The van der Waals surface area contributed by atoms with E-state index in [0.29, 0.717) is 0 Å². The quantitative estimate of drug-likeness (QED) is 0.518. The number of hydrogen-bond acceptors (Lipinski definition) is 2. The highest BCUT2D eigenvalue weighted by Crippen LogP contribution is 2.52. The molecule has 0 bridgehead atoms. The fraction of sp³-hybridized carbons (Fsp3) is 1.00. The molecule has 2 rings (SSSR count). The number of fused-ring (bicyclic) bond motifs is 1. The second-order valence-electron chi connectivity index (χ2n) is 4.07. The van der Waals surface area contributed by atoms with E-state index in [9.17, 15) is 10.2 Å². The molecule has 0 aromatic carbocycles. The van der Waals surface area contributed by atoms with Crippen LogP contribution >= 0.6 is 0 Å². The average molecular weight is 142 g/mol. The maximum absolute atomic E-state index is 9.59. The predicted octanol–water partition coefficient (Wildman–Crippen LogP) is 0.528. The summed E-state index contributed by atoms with van der Waals surface area (Å²) >= 11 is 0. The molecular weight excluding hydrogens is 128 g/mol. The van der Waals surface area contributed by atoms with E-state index in [2.05, 4.69) is 0 Å².